The van der Waals surface area contributed by atoms with Crippen LogP contribution in [0.25, 0.3) is 10.6 Å². The lowest BCUT2D eigenvalue weighted by atomic mass is 9.79. The van der Waals surface area contributed by atoms with Crippen molar-refractivity contribution in [2.45, 2.75) is 38.8 Å². The quantitative estimate of drug-likeness (QED) is 0.789. The fourth-order valence-electron chi connectivity index (χ4n) is 4.05. The molecule has 3 heterocycles. The van der Waals surface area contributed by atoms with E-state index in [-0.39, 0.29) is 41.5 Å². The van der Waals surface area contributed by atoms with Gasteiger partial charge in [-0.05, 0) is 35.6 Å². The van der Waals surface area contributed by atoms with Gasteiger partial charge in [-0.3, -0.25) is 4.79 Å². The molecule has 27 heavy (non-hydrogen) atoms. The van der Waals surface area contributed by atoms with E-state index < -0.39 is 5.97 Å². The number of nitrogens with zero attached hydrogens (tertiary/aromatic N) is 2. The molecule has 0 aliphatic carbocycles. The van der Waals surface area contributed by atoms with E-state index in [4.69, 9.17) is 0 Å². The Morgan fingerprint density at radius 3 is 2.74 bits per heavy atom. The number of benzene rings is 1. The van der Waals surface area contributed by atoms with Gasteiger partial charge in [-0.15, -0.1) is 11.3 Å². The fraction of sp³-hybridized carbons (Fsp3) is 0.350. The Hall–Kier alpha value is -2.67. The molecule has 2 aliphatic rings. The summed E-state index contributed by atoms with van der Waals surface area (Å²) < 4.78 is 0. The summed E-state index contributed by atoms with van der Waals surface area (Å²) in [6.45, 7) is 4.17. The number of aliphatic carboxylic acids is 1. The number of ketones is 1. The number of hydrogen-bond acceptors (Lipinski definition) is 6. The number of thiazole rings is 1. The van der Waals surface area contributed by atoms with Crippen molar-refractivity contribution in [3.63, 3.8) is 0 Å². The van der Waals surface area contributed by atoms with E-state index in [1.54, 1.807) is 12.3 Å². The van der Waals surface area contributed by atoms with Crippen molar-refractivity contribution in [3.8, 4) is 16.3 Å². The minimum absolute atomic E-state index is 0.0649. The predicted molar refractivity (Wildman–Crippen MR) is 101 cm³/mol. The van der Waals surface area contributed by atoms with Crippen molar-refractivity contribution >= 4 is 23.1 Å². The van der Waals surface area contributed by atoms with Gasteiger partial charge in [0.05, 0.1) is 11.6 Å². The molecule has 1 aromatic heterocycles. The molecule has 0 spiro atoms. The lowest BCUT2D eigenvalue weighted by molar-refractivity contribution is -0.135. The third-order valence-electron chi connectivity index (χ3n) is 5.41. The van der Waals surface area contributed by atoms with Crippen molar-refractivity contribution in [1.82, 2.24) is 9.88 Å². The largest absolute Gasteiger partial charge is 0.507 e. The van der Waals surface area contributed by atoms with Crippen LogP contribution in [0.1, 0.15) is 37.4 Å². The van der Waals surface area contributed by atoms with Gasteiger partial charge in [-0.2, -0.15) is 0 Å². The summed E-state index contributed by atoms with van der Waals surface area (Å²) in [4.78, 5) is 30.2. The van der Waals surface area contributed by atoms with Crippen molar-refractivity contribution < 1.29 is 19.8 Å². The number of carboxylic acid groups (broad SMARTS) is 1. The van der Waals surface area contributed by atoms with Crippen LogP contribution in [0, 0.1) is 5.92 Å². The minimum atomic E-state index is -1.18. The van der Waals surface area contributed by atoms with Crippen LogP contribution in [0.5, 0.6) is 5.75 Å². The van der Waals surface area contributed by atoms with Crippen LogP contribution in [0.15, 0.2) is 35.5 Å². The Bertz CT molecular complexity index is 949. The van der Waals surface area contributed by atoms with Gasteiger partial charge >= 0.3 is 5.97 Å². The number of carboxylic acids is 1. The molecule has 0 saturated carbocycles. The number of rotatable bonds is 3. The van der Waals surface area contributed by atoms with Crippen LogP contribution >= 0.6 is 11.3 Å². The summed E-state index contributed by atoms with van der Waals surface area (Å²) >= 11 is 1.44. The lowest BCUT2D eigenvalue weighted by Crippen LogP contribution is -2.47. The normalized spacial score (nSPS) is 21.7. The molecule has 0 bridgehead atoms. The molecule has 2 unspecified atom stereocenters. The third-order valence-corrected chi connectivity index (χ3v) is 6.21. The number of aromatic hydroxyl groups is 1. The number of phenolic OH excluding ortho intramolecular Hbond substituents is 1. The Labute approximate surface area is 160 Å². The predicted octanol–water partition coefficient (Wildman–Crippen LogP) is 3.38. The van der Waals surface area contributed by atoms with E-state index in [0.717, 1.165) is 16.1 Å². The molecule has 0 fully saturated rings. The fourth-order valence-corrected chi connectivity index (χ4v) is 4.71. The summed E-state index contributed by atoms with van der Waals surface area (Å²) in [5.41, 5.74) is 2.46. The first-order chi connectivity index (χ1) is 12.9. The maximum Gasteiger partial charge on any atom is 0.340 e. The summed E-state index contributed by atoms with van der Waals surface area (Å²) in [7, 11) is 0. The molecule has 0 saturated heterocycles. The van der Waals surface area contributed by atoms with Crippen LogP contribution in [-0.4, -0.2) is 37.9 Å². The smallest absolute Gasteiger partial charge is 0.340 e. The molecule has 2 aromatic rings. The monoisotopic (exact) mass is 384 g/mol. The molecular formula is C20H20N2O4S. The zero-order valence-corrected chi connectivity index (χ0v) is 15.9. The molecule has 2 atom stereocenters. The van der Waals surface area contributed by atoms with Crippen LogP contribution < -0.4 is 0 Å². The Morgan fingerprint density at radius 1 is 1.33 bits per heavy atom. The number of carbonyl (C=O) groups is 2. The second-order valence-corrected chi connectivity index (χ2v) is 8.25. The van der Waals surface area contributed by atoms with Crippen molar-refractivity contribution in [1.29, 1.82) is 0 Å². The Morgan fingerprint density at radius 2 is 2.11 bits per heavy atom. The van der Waals surface area contributed by atoms with Gasteiger partial charge in [-0.1, -0.05) is 13.8 Å². The highest BCUT2D eigenvalue weighted by atomic mass is 32.1. The molecule has 1 aromatic carbocycles. The lowest BCUT2D eigenvalue weighted by Gasteiger charge is -2.46. The van der Waals surface area contributed by atoms with Gasteiger partial charge in [0.2, 0.25) is 0 Å². The number of carbonyl (C=O) groups excluding carboxylic acids is 1. The van der Waals surface area contributed by atoms with E-state index in [1.165, 1.54) is 17.5 Å². The first-order valence-electron chi connectivity index (χ1n) is 8.88. The average Bonchev–Trinajstić information content (AvgIpc) is 3.13. The van der Waals surface area contributed by atoms with Gasteiger partial charge in [0.1, 0.15) is 16.3 Å². The van der Waals surface area contributed by atoms with Gasteiger partial charge in [-0.25, -0.2) is 9.78 Å². The number of hydrogen-bond donors (Lipinski definition) is 2. The first kappa shape index (κ1) is 17.7. The topological polar surface area (TPSA) is 90.7 Å². The second-order valence-electron chi connectivity index (χ2n) is 7.36. The maximum absolute atomic E-state index is 12.4. The van der Waals surface area contributed by atoms with E-state index in [2.05, 4.69) is 18.8 Å². The van der Waals surface area contributed by atoms with E-state index >= 15 is 0 Å². The highest BCUT2D eigenvalue weighted by molar-refractivity contribution is 7.13. The molecule has 0 radical (unpaired) electrons. The molecule has 6 nitrogen and oxygen atoms in total. The summed E-state index contributed by atoms with van der Waals surface area (Å²) in [5, 5.41) is 22.5. The maximum atomic E-state index is 12.4. The zero-order chi connectivity index (χ0) is 19.3. The summed E-state index contributed by atoms with van der Waals surface area (Å²) in [5.74, 6) is -1.09. The zero-order valence-electron chi connectivity index (χ0n) is 15.0. The highest BCUT2D eigenvalue weighted by Crippen LogP contribution is 2.45. The summed E-state index contributed by atoms with van der Waals surface area (Å²) in [6, 6.07) is 3.52. The van der Waals surface area contributed by atoms with Crippen LogP contribution in [-0.2, 0) is 16.0 Å². The Balaban J connectivity index is 1.86. The number of aromatic nitrogens is 1. The van der Waals surface area contributed by atoms with Gasteiger partial charge in [0, 0.05) is 30.2 Å². The highest BCUT2D eigenvalue weighted by Gasteiger charge is 2.40. The van der Waals surface area contributed by atoms with Crippen LogP contribution in [0.2, 0.25) is 0 Å². The van der Waals surface area contributed by atoms with E-state index in [9.17, 15) is 19.8 Å². The van der Waals surface area contributed by atoms with Crippen molar-refractivity contribution in [3.05, 3.63) is 46.6 Å². The standard InChI is InChI=1S/C20H20N2O4S/c1-10(2)15-5-11-6-17(23)13(19-21-3-4-27-19)7-12(11)16-8-18(24)14(20(25)26)9-22(15)16/h3-4,6-7,9-10,15-16,23H,5,8H2,1-2H3,(H,25,26). The van der Waals surface area contributed by atoms with E-state index in [1.807, 2.05) is 16.3 Å². The van der Waals surface area contributed by atoms with Crippen LogP contribution in [0.4, 0.5) is 0 Å². The van der Waals surface area contributed by atoms with Gasteiger partial charge < -0.3 is 15.1 Å². The molecular weight excluding hydrogens is 364 g/mol. The molecule has 140 valence electrons. The van der Waals surface area contributed by atoms with E-state index in [0.29, 0.717) is 12.0 Å². The van der Waals surface area contributed by atoms with Gasteiger partial charge in [0.15, 0.2) is 5.78 Å². The molecule has 0 amide bonds. The summed E-state index contributed by atoms with van der Waals surface area (Å²) in [6.07, 6.45) is 4.01. The molecule has 2 N–H and O–H groups in total. The van der Waals surface area contributed by atoms with Crippen molar-refractivity contribution in [2.24, 2.45) is 5.92 Å². The number of fused-ring (bicyclic) bond motifs is 3. The number of Topliss-reactive ketones (excluding diaryl/α,β-unsaturated/α-hetero) is 1. The third kappa shape index (κ3) is 2.92. The second kappa shape index (κ2) is 6.49. The first-order valence-corrected chi connectivity index (χ1v) is 9.76. The molecule has 4 rings (SSSR count). The minimum Gasteiger partial charge on any atom is -0.507 e. The van der Waals surface area contributed by atoms with Crippen LogP contribution in [0.3, 0.4) is 0 Å². The molecule has 7 heteroatoms. The van der Waals surface area contributed by atoms with Crippen molar-refractivity contribution in [2.75, 3.05) is 0 Å². The average molecular weight is 384 g/mol. The SMILES string of the molecule is CC(C)C1Cc2cc(O)c(-c3nccs3)cc2C2CC(=O)C(C(=O)O)=CN21. The van der Waals surface area contributed by atoms with Gasteiger partial charge in [0.25, 0.3) is 0 Å². The number of phenols is 1. The molecule has 2 aliphatic heterocycles. The Kier molecular flexibility index (Phi) is 4.26.